The summed E-state index contributed by atoms with van der Waals surface area (Å²) >= 11 is 0. The molecule has 0 atom stereocenters. The average molecular weight is 372 g/mol. The first-order valence-corrected chi connectivity index (χ1v) is 8.63. The number of ether oxygens (including phenoxy) is 2. The monoisotopic (exact) mass is 372 g/mol. The third-order valence-corrected chi connectivity index (χ3v) is 3.78. The SMILES string of the molecule is CC(C)(C)c1ccc(OCCNC(=O)COC(=O)c2cccc[n+]2[O-])cc1. The van der Waals surface area contributed by atoms with Crippen molar-refractivity contribution in [3.63, 3.8) is 0 Å². The van der Waals surface area contributed by atoms with E-state index in [4.69, 9.17) is 9.47 Å². The molecule has 1 heterocycles. The molecule has 0 aliphatic rings. The first kappa shape index (κ1) is 20.2. The van der Waals surface area contributed by atoms with Crippen molar-refractivity contribution >= 4 is 11.9 Å². The Labute approximate surface area is 158 Å². The Kier molecular flexibility index (Phi) is 6.76. The van der Waals surface area contributed by atoms with Gasteiger partial charge in [-0.1, -0.05) is 32.9 Å². The largest absolute Gasteiger partial charge is 0.618 e. The van der Waals surface area contributed by atoms with Crippen LogP contribution in [-0.4, -0.2) is 31.6 Å². The summed E-state index contributed by atoms with van der Waals surface area (Å²) in [6, 6.07) is 12.2. The fraction of sp³-hybridized carbons (Fsp3) is 0.350. The van der Waals surface area contributed by atoms with Crippen molar-refractivity contribution in [1.29, 1.82) is 0 Å². The van der Waals surface area contributed by atoms with Crippen LogP contribution >= 0.6 is 0 Å². The number of hydrogen-bond acceptors (Lipinski definition) is 5. The molecule has 0 fully saturated rings. The number of aromatic nitrogens is 1. The summed E-state index contributed by atoms with van der Waals surface area (Å²) in [6.07, 6.45) is 1.18. The van der Waals surface area contributed by atoms with Crippen molar-refractivity contribution in [2.75, 3.05) is 19.8 Å². The van der Waals surface area contributed by atoms with E-state index < -0.39 is 18.5 Å². The van der Waals surface area contributed by atoms with Crippen LogP contribution in [-0.2, 0) is 14.9 Å². The zero-order chi connectivity index (χ0) is 19.9. The molecule has 0 saturated carbocycles. The maximum atomic E-state index is 11.7. The quantitative estimate of drug-likeness (QED) is 0.347. The Morgan fingerprint density at radius 2 is 1.81 bits per heavy atom. The second-order valence-corrected chi connectivity index (χ2v) is 6.96. The predicted octanol–water partition coefficient (Wildman–Crippen LogP) is 1.97. The van der Waals surface area contributed by atoms with E-state index in [0.29, 0.717) is 10.5 Å². The number of amides is 1. The van der Waals surface area contributed by atoms with E-state index in [1.807, 2.05) is 24.3 Å². The number of nitrogens with zero attached hydrogens (tertiary/aromatic N) is 1. The number of esters is 1. The molecule has 2 aromatic rings. The highest BCUT2D eigenvalue weighted by molar-refractivity contribution is 5.88. The van der Waals surface area contributed by atoms with Gasteiger partial charge in [0.15, 0.2) is 12.8 Å². The summed E-state index contributed by atoms with van der Waals surface area (Å²) < 4.78 is 10.8. The first-order chi connectivity index (χ1) is 12.8. The second-order valence-electron chi connectivity index (χ2n) is 6.96. The van der Waals surface area contributed by atoms with Crippen LogP contribution in [0.4, 0.5) is 0 Å². The molecule has 27 heavy (non-hydrogen) atoms. The summed E-state index contributed by atoms with van der Waals surface area (Å²) in [7, 11) is 0. The van der Waals surface area contributed by atoms with Crippen LogP contribution in [0.2, 0.25) is 0 Å². The third kappa shape index (κ3) is 6.29. The molecule has 0 spiro atoms. The van der Waals surface area contributed by atoms with Gasteiger partial charge in [-0.15, -0.1) is 0 Å². The third-order valence-electron chi connectivity index (χ3n) is 3.78. The molecular formula is C20H24N2O5. The van der Waals surface area contributed by atoms with Gasteiger partial charge in [0, 0.05) is 12.1 Å². The lowest BCUT2D eigenvalue weighted by Crippen LogP contribution is -2.36. The van der Waals surface area contributed by atoms with E-state index >= 15 is 0 Å². The minimum Gasteiger partial charge on any atom is -0.618 e. The van der Waals surface area contributed by atoms with Gasteiger partial charge in [-0.25, -0.2) is 4.79 Å². The van der Waals surface area contributed by atoms with Crippen LogP contribution in [0.3, 0.4) is 0 Å². The molecular weight excluding hydrogens is 348 g/mol. The van der Waals surface area contributed by atoms with E-state index in [1.165, 1.54) is 30.0 Å². The summed E-state index contributed by atoms with van der Waals surface area (Å²) in [6.45, 7) is 6.50. The predicted molar refractivity (Wildman–Crippen MR) is 99.3 cm³/mol. The lowest BCUT2D eigenvalue weighted by Gasteiger charge is -2.19. The van der Waals surface area contributed by atoms with Crippen LogP contribution in [0.15, 0.2) is 48.7 Å². The molecule has 1 aromatic carbocycles. The number of pyridine rings is 1. The maximum absolute atomic E-state index is 11.7. The van der Waals surface area contributed by atoms with Crippen molar-refractivity contribution in [1.82, 2.24) is 5.32 Å². The van der Waals surface area contributed by atoms with Crippen molar-refractivity contribution < 1.29 is 23.8 Å². The maximum Gasteiger partial charge on any atom is 0.405 e. The van der Waals surface area contributed by atoms with Crippen LogP contribution in [0.1, 0.15) is 36.8 Å². The zero-order valence-corrected chi connectivity index (χ0v) is 15.7. The van der Waals surface area contributed by atoms with Crippen LogP contribution < -0.4 is 14.8 Å². The number of hydrogen-bond donors (Lipinski definition) is 1. The smallest absolute Gasteiger partial charge is 0.405 e. The first-order valence-electron chi connectivity index (χ1n) is 8.63. The number of rotatable bonds is 7. The molecule has 0 radical (unpaired) electrons. The summed E-state index contributed by atoms with van der Waals surface area (Å²) in [5, 5.41) is 14.0. The lowest BCUT2D eigenvalue weighted by molar-refractivity contribution is -0.608. The number of nitrogens with one attached hydrogen (secondary N) is 1. The zero-order valence-electron chi connectivity index (χ0n) is 15.7. The van der Waals surface area contributed by atoms with Crippen LogP contribution in [0.25, 0.3) is 0 Å². The number of benzene rings is 1. The van der Waals surface area contributed by atoms with Crippen molar-refractivity contribution in [2.24, 2.45) is 0 Å². The summed E-state index contributed by atoms with van der Waals surface area (Å²) in [4.78, 5) is 23.4. The molecule has 7 nitrogen and oxygen atoms in total. The summed E-state index contributed by atoms with van der Waals surface area (Å²) in [5.74, 6) is -0.605. The molecule has 1 aromatic heterocycles. The highest BCUT2D eigenvalue weighted by Gasteiger charge is 2.18. The minimum atomic E-state index is -0.851. The van der Waals surface area contributed by atoms with Crippen molar-refractivity contribution in [3.8, 4) is 5.75 Å². The van der Waals surface area contributed by atoms with Gasteiger partial charge in [-0.3, -0.25) is 4.79 Å². The fourth-order valence-corrected chi connectivity index (χ4v) is 2.25. The molecule has 2 rings (SSSR count). The summed E-state index contributed by atoms with van der Waals surface area (Å²) in [5.41, 5.74) is 1.12. The van der Waals surface area contributed by atoms with E-state index in [9.17, 15) is 14.8 Å². The van der Waals surface area contributed by atoms with Gasteiger partial charge in [-0.05, 0) is 29.2 Å². The Hall–Kier alpha value is -3.09. The van der Waals surface area contributed by atoms with Gasteiger partial charge in [0.25, 0.3) is 5.91 Å². The van der Waals surface area contributed by atoms with Gasteiger partial charge in [-0.2, -0.15) is 4.73 Å². The van der Waals surface area contributed by atoms with E-state index in [2.05, 4.69) is 26.1 Å². The fourth-order valence-electron chi connectivity index (χ4n) is 2.25. The minimum absolute atomic E-state index is 0.0784. The van der Waals surface area contributed by atoms with Gasteiger partial charge >= 0.3 is 11.7 Å². The van der Waals surface area contributed by atoms with Crippen molar-refractivity contribution in [3.05, 3.63) is 65.1 Å². The van der Waals surface area contributed by atoms with Crippen LogP contribution in [0, 0.1) is 5.21 Å². The average Bonchev–Trinajstić information content (AvgIpc) is 2.63. The van der Waals surface area contributed by atoms with E-state index in [-0.39, 0.29) is 24.3 Å². The van der Waals surface area contributed by atoms with Crippen LogP contribution in [0.5, 0.6) is 5.75 Å². The molecule has 7 heteroatoms. The Morgan fingerprint density at radius 1 is 1.11 bits per heavy atom. The van der Waals surface area contributed by atoms with Crippen molar-refractivity contribution in [2.45, 2.75) is 26.2 Å². The second kappa shape index (κ2) is 9.02. The highest BCUT2D eigenvalue weighted by Crippen LogP contribution is 2.24. The molecule has 0 aliphatic carbocycles. The molecule has 1 amide bonds. The normalized spacial score (nSPS) is 10.9. The Bertz CT molecular complexity index is 782. The van der Waals surface area contributed by atoms with Gasteiger partial charge < -0.3 is 20.0 Å². The number of carbonyl (C=O) groups is 2. The topological polar surface area (TPSA) is 91.6 Å². The highest BCUT2D eigenvalue weighted by atomic mass is 16.5. The van der Waals surface area contributed by atoms with E-state index in [0.717, 1.165) is 0 Å². The van der Waals surface area contributed by atoms with Gasteiger partial charge in [0.1, 0.15) is 12.4 Å². The standard InChI is InChI=1S/C20H24N2O5/c1-20(2,3)15-7-9-16(10-8-15)26-13-11-21-18(23)14-27-19(24)17-6-4-5-12-22(17)25/h4-10,12H,11,13-14H2,1-3H3,(H,21,23). The molecule has 144 valence electrons. The van der Waals surface area contributed by atoms with Gasteiger partial charge in [0.05, 0.1) is 6.54 Å². The molecule has 0 unspecified atom stereocenters. The van der Waals surface area contributed by atoms with Gasteiger partial charge in [0.2, 0.25) is 0 Å². The molecule has 0 aliphatic heterocycles. The Morgan fingerprint density at radius 3 is 2.44 bits per heavy atom. The molecule has 0 saturated heterocycles. The Balaban J connectivity index is 1.67. The lowest BCUT2D eigenvalue weighted by atomic mass is 9.87. The number of carbonyl (C=O) groups excluding carboxylic acids is 2. The molecule has 1 N–H and O–H groups in total. The molecule has 0 bridgehead atoms. The van der Waals surface area contributed by atoms with E-state index in [1.54, 1.807) is 0 Å².